The number of ether oxygens (including phenoxy) is 2. The molecule has 3 rings (SSSR count). The van der Waals surface area contributed by atoms with Gasteiger partial charge in [0.25, 0.3) is 5.91 Å². The fourth-order valence-corrected chi connectivity index (χ4v) is 3.69. The highest BCUT2D eigenvalue weighted by atomic mass is 16.7. The van der Waals surface area contributed by atoms with Crippen molar-refractivity contribution in [1.29, 1.82) is 0 Å². The Labute approximate surface area is 184 Å². The normalized spacial score (nSPS) is 12.5. The number of aryl methyl sites for hydroxylation is 1. The van der Waals surface area contributed by atoms with Gasteiger partial charge in [-0.3, -0.25) is 9.59 Å². The summed E-state index contributed by atoms with van der Waals surface area (Å²) in [5.41, 5.74) is 1.56. The average Bonchev–Trinajstić information content (AvgIpc) is 3.33. The summed E-state index contributed by atoms with van der Waals surface area (Å²) in [5, 5.41) is 0. The smallest absolute Gasteiger partial charge is 0.254 e. The van der Waals surface area contributed by atoms with Gasteiger partial charge in [-0.15, -0.1) is 0 Å². The summed E-state index contributed by atoms with van der Waals surface area (Å²) in [6.45, 7) is 10.1. The second-order valence-electron chi connectivity index (χ2n) is 8.93. The Hall–Kier alpha value is -2.96. The molecule has 1 aromatic heterocycles. The second kappa shape index (κ2) is 9.90. The molecule has 0 saturated heterocycles. The summed E-state index contributed by atoms with van der Waals surface area (Å²) >= 11 is 0. The van der Waals surface area contributed by atoms with Crippen molar-refractivity contribution in [3.8, 4) is 11.5 Å². The van der Waals surface area contributed by atoms with Crippen LogP contribution in [0.1, 0.15) is 43.7 Å². The number of fused-ring (bicyclic) bond motifs is 1. The van der Waals surface area contributed by atoms with E-state index in [2.05, 4.69) is 13.8 Å². The molecule has 0 unspecified atom stereocenters. The molecule has 168 valence electrons. The maximum atomic E-state index is 13.3. The van der Waals surface area contributed by atoms with Gasteiger partial charge in [0.15, 0.2) is 11.5 Å². The highest BCUT2D eigenvalue weighted by Crippen LogP contribution is 2.32. The lowest BCUT2D eigenvalue weighted by Gasteiger charge is -2.30. The molecule has 0 N–H and O–H groups in total. The van der Waals surface area contributed by atoms with Crippen LogP contribution >= 0.6 is 0 Å². The van der Waals surface area contributed by atoms with E-state index in [1.165, 1.54) is 0 Å². The Morgan fingerprint density at radius 2 is 1.68 bits per heavy atom. The van der Waals surface area contributed by atoms with Gasteiger partial charge in [-0.25, -0.2) is 0 Å². The summed E-state index contributed by atoms with van der Waals surface area (Å²) < 4.78 is 12.8. The predicted molar refractivity (Wildman–Crippen MR) is 119 cm³/mol. The Balaban J connectivity index is 1.78. The highest BCUT2D eigenvalue weighted by molar-refractivity contribution is 5.97. The molecular formula is C24H33N3O4. The first-order chi connectivity index (χ1) is 14.7. The molecule has 2 aromatic rings. The van der Waals surface area contributed by atoms with E-state index in [-0.39, 0.29) is 31.1 Å². The standard InChI is InChI=1S/C24H33N3O4/c1-17(2)12-26(14-20-7-6-10-25(20)5)23(28)15-27(13-18(3)4)24(29)19-8-9-21-22(11-19)31-16-30-21/h6-11,17-18H,12-16H2,1-5H3. The Bertz CT molecular complexity index is 919. The molecule has 1 aliphatic rings. The van der Waals surface area contributed by atoms with E-state index in [9.17, 15) is 9.59 Å². The van der Waals surface area contributed by atoms with Gasteiger partial charge in [-0.1, -0.05) is 27.7 Å². The zero-order valence-electron chi connectivity index (χ0n) is 19.1. The van der Waals surface area contributed by atoms with E-state index in [1.807, 2.05) is 48.7 Å². The average molecular weight is 428 g/mol. The van der Waals surface area contributed by atoms with Crippen LogP contribution in [0.15, 0.2) is 36.5 Å². The monoisotopic (exact) mass is 427 g/mol. The number of benzene rings is 1. The van der Waals surface area contributed by atoms with Crippen LogP contribution in [0.5, 0.6) is 11.5 Å². The van der Waals surface area contributed by atoms with Crippen LogP contribution in [0.2, 0.25) is 0 Å². The van der Waals surface area contributed by atoms with Gasteiger partial charge in [0.05, 0.1) is 6.54 Å². The quantitative estimate of drug-likeness (QED) is 0.614. The Morgan fingerprint density at radius 1 is 1.00 bits per heavy atom. The van der Waals surface area contributed by atoms with E-state index in [0.29, 0.717) is 42.6 Å². The molecule has 2 amide bonds. The minimum absolute atomic E-state index is 0.0442. The molecule has 0 spiro atoms. The van der Waals surface area contributed by atoms with E-state index in [1.54, 1.807) is 23.1 Å². The maximum absolute atomic E-state index is 13.3. The van der Waals surface area contributed by atoms with Crippen molar-refractivity contribution in [2.24, 2.45) is 18.9 Å². The van der Waals surface area contributed by atoms with E-state index >= 15 is 0 Å². The van der Waals surface area contributed by atoms with Gasteiger partial charge < -0.3 is 23.8 Å². The zero-order valence-corrected chi connectivity index (χ0v) is 19.1. The lowest BCUT2D eigenvalue weighted by atomic mass is 10.1. The van der Waals surface area contributed by atoms with Crippen LogP contribution < -0.4 is 9.47 Å². The topological polar surface area (TPSA) is 64.0 Å². The molecule has 0 saturated carbocycles. The highest BCUT2D eigenvalue weighted by Gasteiger charge is 2.25. The first-order valence-electron chi connectivity index (χ1n) is 10.8. The fraction of sp³-hybridized carbons (Fsp3) is 0.500. The summed E-state index contributed by atoms with van der Waals surface area (Å²) in [5.74, 6) is 1.53. The van der Waals surface area contributed by atoms with Crippen LogP contribution in [0.3, 0.4) is 0 Å². The van der Waals surface area contributed by atoms with Crippen molar-refractivity contribution in [3.63, 3.8) is 0 Å². The van der Waals surface area contributed by atoms with Crippen LogP contribution in [0.4, 0.5) is 0 Å². The van der Waals surface area contributed by atoms with Crippen molar-refractivity contribution in [2.75, 3.05) is 26.4 Å². The molecular weight excluding hydrogens is 394 g/mol. The molecule has 7 heteroatoms. The first kappa shape index (κ1) is 22.7. The van der Waals surface area contributed by atoms with Gasteiger partial charge in [0.2, 0.25) is 12.7 Å². The Kier molecular flexibility index (Phi) is 7.25. The van der Waals surface area contributed by atoms with E-state index in [0.717, 1.165) is 5.69 Å². The third-order valence-corrected chi connectivity index (χ3v) is 5.16. The van der Waals surface area contributed by atoms with Gasteiger partial charge in [0, 0.05) is 37.6 Å². The third kappa shape index (κ3) is 5.81. The van der Waals surface area contributed by atoms with Crippen LogP contribution in [0.25, 0.3) is 0 Å². The van der Waals surface area contributed by atoms with Crippen LogP contribution in [0, 0.1) is 11.8 Å². The van der Waals surface area contributed by atoms with Crippen molar-refractivity contribution >= 4 is 11.8 Å². The number of hydrogen-bond acceptors (Lipinski definition) is 4. The number of rotatable bonds is 9. The van der Waals surface area contributed by atoms with Gasteiger partial charge in [-0.2, -0.15) is 0 Å². The molecule has 0 fully saturated rings. The minimum atomic E-state index is -0.177. The number of amides is 2. The largest absolute Gasteiger partial charge is 0.454 e. The number of carbonyl (C=O) groups is 2. The zero-order chi connectivity index (χ0) is 22.5. The van der Waals surface area contributed by atoms with Crippen molar-refractivity contribution < 1.29 is 19.1 Å². The summed E-state index contributed by atoms with van der Waals surface area (Å²) in [7, 11) is 1.97. The molecule has 0 aliphatic carbocycles. The van der Waals surface area contributed by atoms with Gasteiger partial charge in [-0.05, 0) is 42.2 Å². The third-order valence-electron chi connectivity index (χ3n) is 5.16. The lowest BCUT2D eigenvalue weighted by molar-refractivity contribution is -0.133. The molecule has 0 atom stereocenters. The number of aromatic nitrogens is 1. The van der Waals surface area contributed by atoms with Crippen molar-refractivity contribution in [3.05, 3.63) is 47.8 Å². The van der Waals surface area contributed by atoms with E-state index in [4.69, 9.17) is 9.47 Å². The number of hydrogen-bond donors (Lipinski definition) is 0. The van der Waals surface area contributed by atoms with Crippen molar-refractivity contribution in [1.82, 2.24) is 14.4 Å². The molecule has 0 bridgehead atoms. The summed E-state index contributed by atoms with van der Waals surface area (Å²) in [6.07, 6.45) is 1.97. The number of carbonyl (C=O) groups excluding carboxylic acids is 2. The molecule has 31 heavy (non-hydrogen) atoms. The minimum Gasteiger partial charge on any atom is -0.454 e. The fourth-order valence-electron chi connectivity index (χ4n) is 3.69. The first-order valence-corrected chi connectivity index (χ1v) is 10.8. The van der Waals surface area contributed by atoms with E-state index < -0.39 is 0 Å². The molecule has 7 nitrogen and oxygen atoms in total. The lowest BCUT2D eigenvalue weighted by Crippen LogP contribution is -2.45. The maximum Gasteiger partial charge on any atom is 0.254 e. The predicted octanol–water partition coefficient (Wildman–Crippen LogP) is 3.54. The molecule has 1 aliphatic heterocycles. The van der Waals surface area contributed by atoms with Crippen molar-refractivity contribution in [2.45, 2.75) is 34.2 Å². The molecule has 1 aromatic carbocycles. The van der Waals surface area contributed by atoms with Crippen LogP contribution in [-0.4, -0.2) is 52.6 Å². The SMILES string of the molecule is CC(C)CN(Cc1cccn1C)C(=O)CN(CC(C)C)C(=O)c1ccc2c(c1)OCO2. The Morgan fingerprint density at radius 3 is 2.32 bits per heavy atom. The van der Waals surface area contributed by atoms with Gasteiger partial charge in [0.1, 0.15) is 6.54 Å². The summed E-state index contributed by atoms with van der Waals surface area (Å²) in [6, 6.07) is 9.15. The molecule has 0 radical (unpaired) electrons. The number of nitrogens with zero attached hydrogens (tertiary/aromatic N) is 3. The second-order valence-corrected chi connectivity index (χ2v) is 8.93. The molecule has 2 heterocycles. The van der Waals surface area contributed by atoms with Gasteiger partial charge >= 0.3 is 0 Å². The van der Waals surface area contributed by atoms with Crippen LogP contribution in [-0.2, 0) is 18.4 Å². The summed E-state index contributed by atoms with van der Waals surface area (Å²) in [4.78, 5) is 30.1.